The molecular formula is C18H20N4O2. The lowest BCUT2D eigenvalue weighted by molar-refractivity contribution is -0.114. The van der Waals surface area contributed by atoms with Gasteiger partial charge in [0.15, 0.2) is 0 Å². The number of hydrogen-bond acceptors (Lipinski definition) is 3. The van der Waals surface area contributed by atoms with Gasteiger partial charge in [-0.1, -0.05) is 6.07 Å². The molecule has 1 saturated carbocycles. The van der Waals surface area contributed by atoms with Gasteiger partial charge in [-0.2, -0.15) is 0 Å². The van der Waals surface area contributed by atoms with Crippen molar-refractivity contribution in [1.82, 2.24) is 5.32 Å². The summed E-state index contributed by atoms with van der Waals surface area (Å²) in [7, 11) is 0. The standard InChI is InChI=1S/C18H20N4O2/c1-12(23)19-16-3-2-4-17(11-16)20-13-5-7-14(8-6-13)21-18(24)22-15-9-10-15/h2-8,11,15,20H,9-10H2,1H3,(H,19,23)(H2,21,22,24). The van der Waals surface area contributed by atoms with Crippen LogP contribution in [0, 0.1) is 0 Å². The van der Waals surface area contributed by atoms with Crippen LogP contribution in [0.2, 0.25) is 0 Å². The molecule has 3 amide bonds. The van der Waals surface area contributed by atoms with E-state index in [2.05, 4.69) is 21.3 Å². The number of amides is 3. The van der Waals surface area contributed by atoms with Gasteiger partial charge in [-0.25, -0.2) is 4.79 Å². The Kier molecular flexibility index (Phi) is 4.65. The van der Waals surface area contributed by atoms with Gasteiger partial charge in [-0.15, -0.1) is 0 Å². The molecule has 0 saturated heterocycles. The van der Waals surface area contributed by atoms with E-state index in [4.69, 9.17) is 0 Å². The lowest BCUT2D eigenvalue weighted by Crippen LogP contribution is -2.30. The third kappa shape index (κ3) is 4.74. The molecule has 124 valence electrons. The van der Waals surface area contributed by atoms with Crippen LogP contribution in [0.4, 0.5) is 27.5 Å². The van der Waals surface area contributed by atoms with Crippen LogP contribution < -0.4 is 21.3 Å². The summed E-state index contributed by atoms with van der Waals surface area (Å²) in [4.78, 5) is 22.8. The van der Waals surface area contributed by atoms with Crippen molar-refractivity contribution >= 4 is 34.7 Å². The van der Waals surface area contributed by atoms with E-state index in [9.17, 15) is 9.59 Å². The summed E-state index contributed by atoms with van der Waals surface area (Å²) >= 11 is 0. The molecule has 4 N–H and O–H groups in total. The SMILES string of the molecule is CC(=O)Nc1cccc(Nc2ccc(NC(=O)NC3CC3)cc2)c1. The number of nitrogens with one attached hydrogen (secondary N) is 4. The first-order valence-corrected chi connectivity index (χ1v) is 7.91. The average molecular weight is 324 g/mol. The van der Waals surface area contributed by atoms with Gasteiger partial charge >= 0.3 is 6.03 Å². The highest BCUT2D eigenvalue weighted by molar-refractivity contribution is 5.90. The highest BCUT2D eigenvalue weighted by Gasteiger charge is 2.23. The molecular weight excluding hydrogens is 304 g/mol. The molecule has 1 fully saturated rings. The van der Waals surface area contributed by atoms with Crippen molar-refractivity contribution in [3.05, 3.63) is 48.5 Å². The fraction of sp³-hybridized carbons (Fsp3) is 0.222. The molecule has 6 nitrogen and oxygen atoms in total. The van der Waals surface area contributed by atoms with Crippen LogP contribution in [0.25, 0.3) is 0 Å². The van der Waals surface area contributed by atoms with E-state index in [0.29, 0.717) is 6.04 Å². The van der Waals surface area contributed by atoms with Crippen LogP contribution in [-0.4, -0.2) is 18.0 Å². The van der Waals surface area contributed by atoms with Gasteiger partial charge in [-0.05, 0) is 55.3 Å². The number of benzene rings is 2. The average Bonchev–Trinajstić information content (AvgIpc) is 3.33. The zero-order chi connectivity index (χ0) is 16.9. The quantitative estimate of drug-likeness (QED) is 0.677. The number of carbonyl (C=O) groups is 2. The maximum atomic E-state index is 11.7. The van der Waals surface area contributed by atoms with Gasteiger partial charge in [0.2, 0.25) is 5.91 Å². The van der Waals surface area contributed by atoms with Crippen molar-refractivity contribution in [1.29, 1.82) is 0 Å². The van der Waals surface area contributed by atoms with Crippen molar-refractivity contribution in [3.63, 3.8) is 0 Å². The van der Waals surface area contributed by atoms with Crippen molar-refractivity contribution in [2.75, 3.05) is 16.0 Å². The summed E-state index contributed by atoms with van der Waals surface area (Å²) in [5.41, 5.74) is 3.24. The van der Waals surface area contributed by atoms with E-state index < -0.39 is 0 Å². The Morgan fingerprint density at radius 3 is 2.21 bits per heavy atom. The summed E-state index contributed by atoms with van der Waals surface area (Å²) < 4.78 is 0. The Hall–Kier alpha value is -3.02. The van der Waals surface area contributed by atoms with Crippen molar-refractivity contribution < 1.29 is 9.59 Å². The van der Waals surface area contributed by atoms with Crippen molar-refractivity contribution in [3.8, 4) is 0 Å². The molecule has 0 heterocycles. The first kappa shape index (κ1) is 15.9. The second-order valence-corrected chi connectivity index (χ2v) is 5.84. The Morgan fingerprint density at radius 2 is 1.54 bits per heavy atom. The maximum Gasteiger partial charge on any atom is 0.319 e. The molecule has 0 aromatic heterocycles. The maximum absolute atomic E-state index is 11.7. The third-order valence-electron chi connectivity index (χ3n) is 3.53. The van der Waals surface area contributed by atoms with Gasteiger partial charge in [-0.3, -0.25) is 4.79 Å². The highest BCUT2D eigenvalue weighted by Crippen LogP contribution is 2.22. The monoisotopic (exact) mass is 324 g/mol. The van der Waals surface area contributed by atoms with Crippen LogP contribution >= 0.6 is 0 Å². The number of carbonyl (C=O) groups excluding carboxylic acids is 2. The Labute approximate surface area is 140 Å². The Balaban J connectivity index is 1.59. The smallest absolute Gasteiger partial charge is 0.319 e. The zero-order valence-corrected chi connectivity index (χ0v) is 13.4. The Morgan fingerprint density at radius 1 is 0.875 bits per heavy atom. The molecule has 0 radical (unpaired) electrons. The largest absolute Gasteiger partial charge is 0.355 e. The summed E-state index contributed by atoms with van der Waals surface area (Å²) in [6.45, 7) is 1.48. The first-order valence-electron chi connectivity index (χ1n) is 7.91. The van der Waals surface area contributed by atoms with E-state index in [1.54, 1.807) is 0 Å². The van der Waals surface area contributed by atoms with Crippen LogP contribution in [0.1, 0.15) is 19.8 Å². The molecule has 0 aliphatic heterocycles. The summed E-state index contributed by atoms with van der Waals surface area (Å²) in [6, 6.07) is 15.1. The minimum atomic E-state index is -0.166. The lowest BCUT2D eigenvalue weighted by Gasteiger charge is -2.10. The second kappa shape index (κ2) is 7.04. The molecule has 0 atom stereocenters. The molecule has 6 heteroatoms. The number of anilines is 4. The van der Waals surface area contributed by atoms with E-state index >= 15 is 0 Å². The van der Waals surface area contributed by atoms with Crippen LogP contribution in [0.15, 0.2) is 48.5 Å². The lowest BCUT2D eigenvalue weighted by atomic mass is 10.2. The van der Waals surface area contributed by atoms with Gasteiger partial charge in [0.1, 0.15) is 0 Å². The van der Waals surface area contributed by atoms with E-state index in [1.165, 1.54) is 6.92 Å². The third-order valence-corrected chi connectivity index (χ3v) is 3.53. The molecule has 3 rings (SSSR count). The highest BCUT2D eigenvalue weighted by atomic mass is 16.2. The van der Waals surface area contributed by atoms with E-state index in [1.807, 2.05) is 48.5 Å². The summed E-state index contributed by atoms with van der Waals surface area (Å²) in [5, 5.41) is 11.7. The molecule has 2 aromatic carbocycles. The first-order chi connectivity index (χ1) is 11.6. The van der Waals surface area contributed by atoms with Gasteiger partial charge in [0.05, 0.1) is 0 Å². The fourth-order valence-corrected chi connectivity index (χ4v) is 2.26. The number of rotatable bonds is 5. The second-order valence-electron chi connectivity index (χ2n) is 5.84. The normalized spacial score (nSPS) is 13.0. The van der Waals surface area contributed by atoms with Gasteiger partial charge in [0, 0.05) is 35.7 Å². The molecule has 1 aliphatic rings. The number of urea groups is 1. The van der Waals surface area contributed by atoms with Crippen LogP contribution in [0.5, 0.6) is 0 Å². The Bertz CT molecular complexity index is 739. The topological polar surface area (TPSA) is 82.3 Å². The molecule has 1 aliphatic carbocycles. The minimum Gasteiger partial charge on any atom is -0.355 e. The van der Waals surface area contributed by atoms with Crippen molar-refractivity contribution in [2.45, 2.75) is 25.8 Å². The molecule has 0 spiro atoms. The zero-order valence-electron chi connectivity index (χ0n) is 13.4. The molecule has 2 aromatic rings. The molecule has 24 heavy (non-hydrogen) atoms. The molecule has 0 bridgehead atoms. The van der Waals surface area contributed by atoms with E-state index in [-0.39, 0.29) is 11.9 Å². The van der Waals surface area contributed by atoms with Gasteiger partial charge in [0.25, 0.3) is 0 Å². The van der Waals surface area contributed by atoms with Crippen LogP contribution in [-0.2, 0) is 4.79 Å². The number of hydrogen-bond donors (Lipinski definition) is 4. The van der Waals surface area contributed by atoms with Gasteiger partial charge < -0.3 is 21.3 Å². The minimum absolute atomic E-state index is 0.105. The predicted octanol–water partition coefficient (Wildman–Crippen LogP) is 3.67. The summed E-state index contributed by atoms with van der Waals surface area (Å²) in [5.74, 6) is -0.105. The fourth-order valence-electron chi connectivity index (χ4n) is 2.26. The predicted molar refractivity (Wildman–Crippen MR) is 95.6 cm³/mol. The summed E-state index contributed by atoms with van der Waals surface area (Å²) in [6.07, 6.45) is 2.13. The van der Waals surface area contributed by atoms with E-state index in [0.717, 1.165) is 35.6 Å². The van der Waals surface area contributed by atoms with Crippen LogP contribution in [0.3, 0.4) is 0 Å². The molecule has 0 unspecified atom stereocenters. The van der Waals surface area contributed by atoms with Crippen molar-refractivity contribution in [2.24, 2.45) is 0 Å².